The van der Waals surface area contributed by atoms with Crippen molar-refractivity contribution in [1.29, 1.82) is 0 Å². The summed E-state index contributed by atoms with van der Waals surface area (Å²) in [4.78, 5) is 0.725. The lowest BCUT2D eigenvalue weighted by atomic mass is 9.97. The van der Waals surface area contributed by atoms with Crippen molar-refractivity contribution >= 4 is 26.3 Å². The molecule has 0 radical (unpaired) electrons. The van der Waals surface area contributed by atoms with Crippen molar-refractivity contribution < 1.29 is 17.9 Å². The molecule has 0 atom stereocenters. The number of nitrogens with zero attached hydrogens (tertiary/aromatic N) is 5. The molecule has 9 nitrogen and oxygen atoms in total. The molecule has 4 heterocycles. The normalized spacial score (nSPS) is 18.4. The average Bonchev–Trinajstić information content (AvgIpc) is 3.35. The minimum Gasteiger partial charge on any atom is -0.454 e. The first kappa shape index (κ1) is 16.9. The second-order valence-electron chi connectivity index (χ2n) is 6.66. The van der Waals surface area contributed by atoms with Gasteiger partial charge >= 0.3 is 0 Å². The van der Waals surface area contributed by atoms with Gasteiger partial charge in [-0.2, -0.15) is 9.61 Å². The first-order valence-corrected chi connectivity index (χ1v) is 11.2. The Balaban J connectivity index is 1.43. The van der Waals surface area contributed by atoms with Gasteiger partial charge in [-0.05, 0) is 31.0 Å². The Hall–Kier alpha value is -2.24. The van der Waals surface area contributed by atoms with Crippen LogP contribution in [0.25, 0.3) is 15.5 Å². The predicted molar refractivity (Wildman–Crippen MR) is 98.6 cm³/mol. The van der Waals surface area contributed by atoms with Crippen LogP contribution in [0, 0.1) is 0 Å². The van der Waals surface area contributed by atoms with Crippen molar-refractivity contribution in [3.05, 3.63) is 24.0 Å². The first-order chi connectivity index (χ1) is 13.0. The topological polar surface area (TPSA) is 98.9 Å². The highest BCUT2D eigenvalue weighted by molar-refractivity contribution is 7.88. The van der Waals surface area contributed by atoms with Crippen molar-refractivity contribution in [3.63, 3.8) is 0 Å². The number of fused-ring (bicyclic) bond motifs is 2. The number of ether oxygens (including phenoxy) is 2. The van der Waals surface area contributed by atoms with Gasteiger partial charge in [0, 0.05) is 24.6 Å². The van der Waals surface area contributed by atoms with Crippen LogP contribution >= 0.6 is 11.3 Å². The maximum atomic E-state index is 11.7. The van der Waals surface area contributed by atoms with E-state index in [1.54, 1.807) is 4.52 Å². The van der Waals surface area contributed by atoms with E-state index in [1.807, 2.05) is 18.2 Å². The van der Waals surface area contributed by atoms with Crippen molar-refractivity contribution in [1.82, 2.24) is 24.1 Å². The van der Waals surface area contributed by atoms with E-state index in [4.69, 9.17) is 14.6 Å². The molecule has 0 N–H and O–H groups in total. The lowest BCUT2D eigenvalue weighted by Crippen LogP contribution is -2.37. The molecular weight excluding hydrogens is 390 g/mol. The number of hydrogen-bond donors (Lipinski definition) is 0. The quantitative estimate of drug-likeness (QED) is 0.652. The molecule has 5 rings (SSSR count). The van der Waals surface area contributed by atoms with Crippen molar-refractivity contribution in [2.75, 3.05) is 26.1 Å². The number of sulfonamides is 1. The molecule has 1 saturated heterocycles. The van der Waals surface area contributed by atoms with Crippen molar-refractivity contribution in [2.45, 2.75) is 18.8 Å². The summed E-state index contributed by atoms with van der Waals surface area (Å²) in [6, 6.07) is 5.74. The summed E-state index contributed by atoms with van der Waals surface area (Å²) < 4.78 is 37.5. The maximum absolute atomic E-state index is 11.7. The average molecular weight is 407 g/mol. The van der Waals surface area contributed by atoms with Gasteiger partial charge in [-0.25, -0.2) is 12.7 Å². The van der Waals surface area contributed by atoms with Gasteiger partial charge in [-0.1, -0.05) is 11.3 Å². The number of piperidine rings is 1. The number of hydrogen-bond acceptors (Lipinski definition) is 8. The molecule has 1 fully saturated rings. The van der Waals surface area contributed by atoms with Crippen LogP contribution in [0.4, 0.5) is 0 Å². The molecule has 142 valence electrons. The summed E-state index contributed by atoms with van der Waals surface area (Å²) in [7, 11) is -3.14. The molecule has 2 aliphatic rings. The molecule has 27 heavy (non-hydrogen) atoms. The fourth-order valence-electron chi connectivity index (χ4n) is 3.48. The molecule has 11 heteroatoms. The maximum Gasteiger partial charge on any atom is 0.234 e. The van der Waals surface area contributed by atoms with Crippen LogP contribution in [0.15, 0.2) is 18.2 Å². The summed E-state index contributed by atoms with van der Waals surface area (Å²) in [6.45, 7) is 1.23. The second kappa shape index (κ2) is 6.14. The Kier molecular flexibility index (Phi) is 3.85. The van der Waals surface area contributed by atoms with Gasteiger partial charge < -0.3 is 9.47 Å². The molecule has 1 aromatic carbocycles. The van der Waals surface area contributed by atoms with Crippen LogP contribution in [-0.2, 0) is 10.0 Å². The fourth-order valence-corrected chi connectivity index (χ4v) is 5.20. The molecule has 0 spiro atoms. The smallest absolute Gasteiger partial charge is 0.234 e. The van der Waals surface area contributed by atoms with Gasteiger partial charge in [-0.15, -0.1) is 10.2 Å². The van der Waals surface area contributed by atoms with E-state index in [9.17, 15) is 8.42 Å². The van der Waals surface area contributed by atoms with E-state index in [-0.39, 0.29) is 12.7 Å². The Morgan fingerprint density at radius 3 is 2.70 bits per heavy atom. The minimum absolute atomic E-state index is 0.143. The lowest BCUT2D eigenvalue weighted by molar-refractivity contribution is 0.174. The molecule has 2 aromatic heterocycles. The highest BCUT2D eigenvalue weighted by Crippen LogP contribution is 2.37. The van der Waals surface area contributed by atoms with Gasteiger partial charge in [0.15, 0.2) is 17.3 Å². The van der Waals surface area contributed by atoms with Crippen molar-refractivity contribution in [3.8, 4) is 22.1 Å². The molecule has 0 amide bonds. The van der Waals surface area contributed by atoms with Crippen molar-refractivity contribution in [2.24, 2.45) is 0 Å². The van der Waals surface area contributed by atoms with Gasteiger partial charge in [0.25, 0.3) is 0 Å². The Morgan fingerprint density at radius 1 is 1.15 bits per heavy atom. The SMILES string of the molecule is CS(=O)(=O)N1CCC(c2nnc3sc(-c4ccc5c(c4)OCO5)nn23)CC1. The van der Waals surface area contributed by atoms with E-state index < -0.39 is 10.0 Å². The van der Waals surface area contributed by atoms with Crippen LogP contribution < -0.4 is 9.47 Å². The fraction of sp³-hybridized carbons (Fsp3) is 0.438. The number of rotatable bonds is 3. The van der Waals surface area contributed by atoms with Crippen LogP contribution in [-0.4, -0.2) is 58.7 Å². The predicted octanol–water partition coefficient (Wildman–Crippen LogP) is 1.72. The minimum atomic E-state index is -3.14. The van der Waals surface area contributed by atoms with Gasteiger partial charge in [-0.3, -0.25) is 0 Å². The summed E-state index contributed by atoms with van der Waals surface area (Å²) in [5.74, 6) is 2.39. The second-order valence-corrected chi connectivity index (χ2v) is 9.60. The number of aromatic nitrogens is 4. The summed E-state index contributed by atoms with van der Waals surface area (Å²) >= 11 is 1.46. The molecule has 0 unspecified atom stereocenters. The third-order valence-electron chi connectivity index (χ3n) is 4.92. The number of benzene rings is 1. The Morgan fingerprint density at radius 2 is 1.93 bits per heavy atom. The lowest BCUT2D eigenvalue weighted by Gasteiger charge is -2.28. The first-order valence-electron chi connectivity index (χ1n) is 8.56. The monoisotopic (exact) mass is 407 g/mol. The van der Waals surface area contributed by atoms with E-state index in [2.05, 4.69) is 10.2 Å². The highest BCUT2D eigenvalue weighted by Gasteiger charge is 2.29. The Bertz CT molecular complexity index is 1120. The third-order valence-corrected chi connectivity index (χ3v) is 7.17. The molecule has 0 saturated carbocycles. The summed E-state index contributed by atoms with van der Waals surface area (Å²) in [5.41, 5.74) is 0.938. The van der Waals surface area contributed by atoms with Gasteiger partial charge in [0.1, 0.15) is 5.01 Å². The largest absolute Gasteiger partial charge is 0.454 e. The highest BCUT2D eigenvalue weighted by atomic mass is 32.2. The van der Waals surface area contributed by atoms with E-state index in [0.29, 0.717) is 31.7 Å². The Labute approximate surface area is 159 Å². The van der Waals surface area contributed by atoms with E-state index in [0.717, 1.165) is 27.1 Å². The molecule has 0 aliphatic carbocycles. The van der Waals surface area contributed by atoms with Crippen LogP contribution in [0.5, 0.6) is 11.5 Å². The summed E-state index contributed by atoms with van der Waals surface area (Å²) in [6.07, 6.45) is 2.68. The molecule has 3 aromatic rings. The standard InChI is InChI=1S/C16H17N5O4S2/c1-27(22,23)20-6-4-10(5-7-20)14-17-18-16-21(14)19-15(26-16)11-2-3-12-13(8-11)25-9-24-12/h2-3,8,10H,4-7,9H2,1H3. The molecule has 0 bridgehead atoms. The zero-order chi connectivity index (χ0) is 18.6. The van der Waals surface area contributed by atoms with Gasteiger partial charge in [0.05, 0.1) is 6.26 Å². The third kappa shape index (κ3) is 2.95. The summed E-state index contributed by atoms with van der Waals surface area (Å²) in [5, 5.41) is 14.1. The van der Waals surface area contributed by atoms with Crippen LogP contribution in [0.2, 0.25) is 0 Å². The zero-order valence-corrected chi connectivity index (χ0v) is 16.2. The van der Waals surface area contributed by atoms with Gasteiger partial charge in [0.2, 0.25) is 21.8 Å². The molecule has 2 aliphatic heterocycles. The van der Waals surface area contributed by atoms with E-state index >= 15 is 0 Å². The van der Waals surface area contributed by atoms with Crippen LogP contribution in [0.1, 0.15) is 24.6 Å². The molecular formula is C16H17N5O4S2. The zero-order valence-electron chi connectivity index (χ0n) is 14.5. The van der Waals surface area contributed by atoms with Crippen LogP contribution in [0.3, 0.4) is 0 Å². The van der Waals surface area contributed by atoms with E-state index in [1.165, 1.54) is 21.9 Å².